The van der Waals surface area contributed by atoms with Gasteiger partial charge in [0.15, 0.2) is 11.5 Å². The molecule has 2 aromatic rings. The van der Waals surface area contributed by atoms with Crippen LogP contribution in [0.4, 0.5) is 11.4 Å². The SMILES string of the molecule is COCC(=O)Nc1ccc(NC(=O)c2cc(OC)c(OC)c(OC)c2)cc1. The standard InChI is InChI=1S/C19H22N2O6/c1-24-11-17(22)20-13-5-7-14(8-6-13)21-19(23)12-9-15(25-2)18(27-4)16(10-12)26-3/h5-10H,11H2,1-4H3,(H,20,22)(H,21,23). The third-order valence-corrected chi connectivity index (χ3v) is 3.63. The Hall–Kier alpha value is -3.26. The van der Waals surface area contributed by atoms with Crippen molar-refractivity contribution in [2.24, 2.45) is 0 Å². The van der Waals surface area contributed by atoms with E-state index in [9.17, 15) is 9.59 Å². The van der Waals surface area contributed by atoms with Crippen molar-refractivity contribution in [3.63, 3.8) is 0 Å². The molecule has 0 bridgehead atoms. The molecule has 0 saturated heterocycles. The maximum absolute atomic E-state index is 12.5. The third kappa shape index (κ3) is 5.11. The van der Waals surface area contributed by atoms with Crippen LogP contribution < -0.4 is 24.8 Å². The van der Waals surface area contributed by atoms with Gasteiger partial charge in [-0.05, 0) is 36.4 Å². The molecule has 0 fully saturated rings. The lowest BCUT2D eigenvalue weighted by Gasteiger charge is -2.14. The number of amides is 2. The number of hydrogen-bond donors (Lipinski definition) is 2. The van der Waals surface area contributed by atoms with Crippen LogP contribution in [0.5, 0.6) is 17.2 Å². The van der Waals surface area contributed by atoms with E-state index in [2.05, 4.69) is 10.6 Å². The second-order valence-electron chi connectivity index (χ2n) is 5.43. The first kappa shape index (κ1) is 20.1. The van der Waals surface area contributed by atoms with Crippen LogP contribution in [0.25, 0.3) is 0 Å². The summed E-state index contributed by atoms with van der Waals surface area (Å²) in [6, 6.07) is 9.85. The van der Waals surface area contributed by atoms with E-state index in [4.69, 9.17) is 18.9 Å². The molecule has 0 aliphatic rings. The first-order valence-electron chi connectivity index (χ1n) is 8.02. The summed E-state index contributed by atoms with van der Waals surface area (Å²) in [4.78, 5) is 24.0. The fraction of sp³-hybridized carbons (Fsp3) is 0.263. The molecule has 0 aromatic heterocycles. The Morgan fingerprint density at radius 1 is 0.815 bits per heavy atom. The van der Waals surface area contributed by atoms with Gasteiger partial charge in [-0.3, -0.25) is 9.59 Å². The molecule has 0 heterocycles. The third-order valence-electron chi connectivity index (χ3n) is 3.63. The number of carbonyl (C=O) groups excluding carboxylic acids is 2. The molecular formula is C19H22N2O6. The molecule has 2 N–H and O–H groups in total. The molecule has 8 nitrogen and oxygen atoms in total. The summed E-state index contributed by atoms with van der Waals surface area (Å²) in [6.45, 7) is -0.0282. The molecule has 0 saturated carbocycles. The van der Waals surface area contributed by atoms with Crippen molar-refractivity contribution < 1.29 is 28.5 Å². The van der Waals surface area contributed by atoms with Crippen LogP contribution in [0, 0.1) is 0 Å². The number of ether oxygens (including phenoxy) is 4. The van der Waals surface area contributed by atoms with Gasteiger partial charge in [-0.25, -0.2) is 0 Å². The first-order chi connectivity index (χ1) is 13.0. The van der Waals surface area contributed by atoms with Gasteiger partial charge in [0.25, 0.3) is 5.91 Å². The van der Waals surface area contributed by atoms with E-state index in [1.54, 1.807) is 36.4 Å². The summed E-state index contributed by atoms with van der Waals surface area (Å²) >= 11 is 0. The largest absolute Gasteiger partial charge is 0.493 e. The fourth-order valence-corrected chi connectivity index (χ4v) is 2.38. The zero-order valence-electron chi connectivity index (χ0n) is 15.6. The predicted octanol–water partition coefficient (Wildman–Crippen LogP) is 2.55. The summed E-state index contributed by atoms with van der Waals surface area (Å²) in [5, 5.41) is 5.45. The first-order valence-corrected chi connectivity index (χ1v) is 8.02. The van der Waals surface area contributed by atoms with Crippen molar-refractivity contribution in [2.45, 2.75) is 0 Å². The predicted molar refractivity (Wildman–Crippen MR) is 101 cm³/mol. The molecule has 8 heteroatoms. The number of anilines is 2. The highest BCUT2D eigenvalue weighted by molar-refractivity contribution is 6.05. The lowest BCUT2D eigenvalue weighted by atomic mass is 10.1. The van der Waals surface area contributed by atoms with Crippen molar-refractivity contribution in [2.75, 3.05) is 45.7 Å². The molecule has 2 amide bonds. The van der Waals surface area contributed by atoms with E-state index in [0.717, 1.165) is 0 Å². The molecule has 2 rings (SSSR count). The summed E-state index contributed by atoms with van der Waals surface area (Å²) in [5.74, 6) is 0.584. The van der Waals surface area contributed by atoms with E-state index >= 15 is 0 Å². The molecule has 2 aromatic carbocycles. The van der Waals surface area contributed by atoms with Crippen molar-refractivity contribution >= 4 is 23.2 Å². The lowest BCUT2D eigenvalue weighted by Crippen LogP contribution is -2.17. The highest BCUT2D eigenvalue weighted by atomic mass is 16.5. The topological polar surface area (TPSA) is 95.1 Å². The Bertz CT molecular complexity index is 779. The maximum atomic E-state index is 12.5. The molecule has 0 atom stereocenters. The number of carbonyl (C=O) groups is 2. The number of methoxy groups -OCH3 is 4. The lowest BCUT2D eigenvalue weighted by molar-refractivity contribution is -0.119. The molecule has 0 aliphatic heterocycles. The summed E-state index contributed by atoms with van der Waals surface area (Å²) in [5.41, 5.74) is 1.52. The monoisotopic (exact) mass is 374 g/mol. The van der Waals surface area contributed by atoms with Crippen LogP contribution in [-0.4, -0.2) is 46.9 Å². The second-order valence-corrected chi connectivity index (χ2v) is 5.43. The molecule has 27 heavy (non-hydrogen) atoms. The van der Waals surface area contributed by atoms with Crippen molar-refractivity contribution in [1.82, 2.24) is 0 Å². The van der Waals surface area contributed by atoms with Crippen LogP contribution in [0.3, 0.4) is 0 Å². The van der Waals surface area contributed by atoms with Gasteiger partial charge in [0, 0.05) is 24.0 Å². The van der Waals surface area contributed by atoms with Gasteiger partial charge in [0.1, 0.15) is 6.61 Å². The summed E-state index contributed by atoms with van der Waals surface area (Å²) in [7, 11) is 5.90. The minimum atomic E-state index is -0.342. The van der Waals surface area contributed by atoms with Crippen LogP contribution in [0.2, 0.25) is 0 Å². The van der Waals surface area contributed by atoms with E-state index in [-0.39, 0.29) is 18.4 Å². The van der Waals surface area contributed by atoms with Gasteiger partial charge in [-0.2, -0.15) is 0 Å². The van der Waals surface area contributed by atoms with Crippen molar-refractivity contribution in [1.29, 1.82) is 0 Å². The van der Waals surface area contributed by atoms with E-state index in [1.165, 1.54) is 28.4 Å². The minimum Gasteiger partial charge on any atom is -0.493 e. The van der Waals surface area contributed by atoms with E-state index in [1.807, 2.05) is 0 Å². The van der Waals surface area contributed by atoms with Crippen molar-refractivity contribution in [3.8, 4) is 17.2 Å². The minimum absolute atomic E-state index is 0.0282. The molecule has 0 radical (unpaired) electrons. The molecular weight excluding hydrogens is 352 g/mol. The fourth-order valence-electron chi connectivity index (χ4n) is 2.38. The van der Waals surface area contributed by atoms with Crippen LogP contribution >= 0.6 is 0 Å². The number of nitrogens with one attached hydrogen (secondary N) is 2. The molecule has 0 spiro atoms. The Balaban J connectivity index is 2.14. The van der Waals surface area contributed by atoms with Crippen molar-refractivity contribution in [3.05, 3.63) is 42.0 Å². The quantitative estimate of drug-likeness (QED) is 0.737. The maximum Gasteiger partial charge on any atom is 0.255 e. The van der Waals surface area contributed by atoms with Gasteiger partial charge in [-0.15, -0.1) is 0 Å². The van der Waals surface area contributed by atoms with Gasteiger partial charge < -0.3 is 29.6 Å². The molecule has 0 aliphatic carbocycles. The van der Waals surface area contributed by atoms with Gasteiger partial charge in [-0.1, -0.05) is 0 Å². The highest BCUT2D eigenvalue weighted by Crippen LogP contribution is 2.38. The highest BCUT2D eigenvalue weighted by Gasteiger charge is 2.17. The van der Waals surface area contributed by atoms with Gasteiger partial charge >= 0.3 is 0 Å². The Kier molecular flexibility index (Phi) is 7.01. The normalized spacial score (nSPS) is 10.1. The average molecular weight is 374 g/mol. The summed E-state index contributed by atoms with van der Waals surface area (Å²) < 4.78 is 20.5. The zero-order chi connectivity index (χ0) is 19.8. The Morgan fingerprint density at radius 3 is 1.78 bits per heavy atom. The van der Waals surface area contributed by atoms with Crippen LogP contribution in [0.1, 0.15) is 10.4 Å². The van der Waals surface area contributed by atoms with Crippen LogP contribution in [-0.2, 0) is 9.53 Å². The Morgan fingerprint density at radius 2 is 1.33 bits per heavy atom. The Labute approximate surface area is 157 Å². The second kappa shape index (κ2) is 9.44. The zero-order valence-corrected chi connectivity index (χ0v) is 15.6. The van der Waals surface area contributed by atoms with E-state index in [0.29, 0.717) is 34.2 Å². The number of benzene rings is 2. The average Bonchev–Trinajstić information content (AvgIpc) is 2.68. The number of rotatable bonds is 8. The van der Waals surface area contributed by atoms with Gasteiger partial charge in [0.05, 0.1) is 21.3 Å². The molecule has 0 unspecified atom stereocenters. The van der Waals surface area contributed by atoms with Crippen LogP contribution in [0.15, 0.2) is 36.4 Å². The number of hydrogen-bond acceptors (Lipinski definition) is 6. The van der Waals surface area contributed by atoms with E-state index < -0.39 is 0 Å². The summed E-state index contributed by atoms with van der Waals surface area (Å²) in [6.07, 6.45) is 0. The smallest absolute Gasteiger partial charge is 0.255 e. The molecule has 144 valence electrons. The van der Waals surface area contributed by atoms with Gasteiger partial charge in [0.2, 0.25) is 11.7 Å².